The summed E-state index contributed by atoms with van der Waals surface area (Å²) in [5.41, 5.74) is 4.48. The highest BCUT2D eigenvalue weighted by atomic mass is 19.1. The normalized spacial score (nSPS) is 14.5. The van der Waals surface area contributed by atoms with Crippen molar-refractivity contribution >= 4 is 22.7 Å². The third-order valence-corrected chi connectivity index (χ3v) is 6.43. The smallest absolute Gasteiger partial charge is 0.337 e. The number of hydrogen-bond donors (Lipinski definition) is 0. The van der Waals surface area contributed by atoms with Gasteiger partial charge in [-0.2, -0.15) is 0 Å². The number of pyridine rings is 1. The summed E-state index contributed by atoms with van der Waals surface area (Å²) < 4.78 is 20.9. The Hall–Kier alpha value is -3.71. The highest BCUT2D eigenvalue weighted by Crippen LogP contribution is 2.28. The zero-order chi connectivity index (χ0) is 23.5. The third kappa shape index (κ3) is 4.52. The lowest BCUT2D eigenvalue weighted by Crippen LogP contribution is -2.46. The lowest BCUT2D eigenvalue weighted by Gasteiger charge is -2.36. The van der Waals surface area contributed by atoms with Gasteiger partial charge in [0.1, 0.15) is 11.5 Å². The summed E-state index contributed by atoms with van der Waals surface area (Å²) >= 11 is 0. The molecule has 1 saturated heterocycles. The molecule has 1 fully saturated rings. The average Bonchev–Trinajstić information content (AvgIpc) is 3.29. The molecule has 0 saturated carbocycles. The van der Waals surface area contributed by atoms with Gasteiger partial charge >= 0.3 is 5.97 Å². The van der Waals surface area contributed by atoms with Gasteiger partial charge in [0.05, 0.1) is 12.7 Å². The van der Waals surface area contributed by atoms with Crippen LogP contribution in [0.15, 0.2) is 73.1 Å². The van der Waals surface area contributed by atoms with Gasteiger partial charge < -0.3 is 14.2 Å². The lowest BCUT2D eigenvalue weighted by atomic mass is 10.1. The molecule has 1 aliphatic heterocycles. The number of rotatable bonds is 6. The van der Waals surface area contributed by atoms with Crippen molar-refractivity contribution in [1.82, 2.24) is 14.5 Å². The van der Waals surface area contributed by atoms with Gasteiger partial charge in [-0.25, -0.2) is 14.2 Å². The average molecular weight is 459 g/mol. The monoisotopic (exact) mass is 458 g/mol. The number of hydrogen-bond acceptors (Lipinski definition) is 5. The Balaban J connectivity index is 1.28. The van der Waals surface area contributed by atoms with Crippen LogP contribution < -0.4 is 4.90 Å². The molecule has 0 amide bonds. The largest absolute Gasteiger partial charge is 0.465 e. The van der Waals surface area contributed by atoms with Gasteiger partial charge in [0.2, 0.25) is 0 Å². The molecule has 1 aliphatic rings. The predicted molar refractivity (Wildman–Crippen MR) is 131 cm³/mol. The Labute approximate surface area is 198 Å². The summed E-state index contributed by atoms with van der Waals surface area (Å²) in [5, 5.41) is 1.12. The van der Waals surface area contributed by atoms with Crippen molar-refractivity contribution in [3.05, 3.63) is 95.6 Å². The fourth-order valence-corrected chi connectivity index (χ4v) is 4.55. The van der Waals surface area contributed by atoms with E-state index < -0.39 is 0 Å². The van der Waals surface area contributed by atoms with E-state index in [1.807, 2.05) is 30.5 Å². The molecule has 0 spiro atoms. The summed E-state index contributed by atoms with van der Waals surface area (Å²) in [5.74, 6) is -0.472. The molecular formula is C27H27FN4O2. The van der Waals surface area contributed by atoms with E-state index >= 15 is 0 Å². The Morgan fingerprint density at radius 2 is 1.74 bits per heavy atom. The van der Waals surface area contributed by atoms with Crippen molar-refractivity contribution in [2.75, 3.05) is 38.2 Å². The molecule has 2 aromatic carbocycles. The van der Waals surface area contributed by atoms with Crippen LogP contribution in [-0.4, -0.2) is 53.7 Å². The van der Waals surface area contributed by atoms with E-state index in [9.17, 15) is 9.18 Å². The molecule has 34 heavy (non-hydrogen) atoms. The standard InChI is InChI=1S/C27H27FN4O2/c1-34-27(33)21-8-6-20(7-9-21)18-32-13-11-23-25(10-12-29-26(23)32)31-16-14-30(15-17-31)19-22-4-2-3-5-24(22)28/h2-13H,14-19H2,1H3. The molecule has 5 rings (SSSR count). The number of piperazine rings is 1. The van der Waals surface area contributed by atoms with Crippen molar-refractivity contribution in [3.8, 4) is 0 Å². The third-order valence-electron chi connectivity index (χ3n) is 6.43. The lowest BCUT2D eigenvalue weighted by molar-refractivity contribution is 0.0600. The van der Waals surface area contributed by atoms with Crippen LogP contribution in [0.25, 0.3) is 11.0 Å². The van der Waals surface area contributed by atoms with Gasteiger partial charge in [-0.05, 0) is 35.9 Å². The second kappa shape index (κ2) is 9.65. The maximum atomic E-state index is 14.0. The first-order valence-corrected chi connectivity index (χ1v) is 11.4. The molecule has 174 valence electrons. The van der Waals surface area contributed by atoms with Crippen molar-refractivity contribution in [3.63, 3.8) is 0 Å². The molecule has 0 radical (unpaired) electrons. The van der Waals surface area contributed by atoms with E-state index in [1.165, 1.54) is 18.9 Å². The van der Waals surface area contributed by atoms with Crippen LogP contribution in [0.3, 0.4) is 0 Å². The summed E-state index contributed by atoms with van der Waals surface area (Å²) in [6.07, 6.45) is 3.92. The zero-order valence-corrected chi connectivity index (χ0v) is 19.2. The topological polar surface area (TPSA) is 50.6 Å². The molecule has 6 nitrogen and oxygen atoms in total. The number of carbonyl (C=O) groups excluding carboxylic acids is 1. The maximum absolute atomic E-state index is 14.0. The molecule has 3 heterocycles. The van der Waals surface area contributed by atoms with Gasteiger partial charge in [-0.3, -0.25) is 4.90 Å². The number of benzene rings is 2. The van der Waals surface area contributed by atoms with Crippen LogP contribution in [0.5, 0.6) is 0 Å². The Morgan fingerprint density at radius 1 is 0.971 bits per heavy atom. The number of halogens is 1. The summed E-state index contributed by atoms with van der Waals surface area (Å²) in [7, 11) is 1.38. The van der Waals surface area contributed by atoms with Crippen molar-refractivity contribution in [2.45, 2.75) is 13.1 Å². The molecule has 0 bridgehead atoms. The van der Waals surface area contributed by atoms with Gasteiger partial charge in [0.25, 0.3) is 0 Å². The van der Waals surface area contributed by atoms with E-state index in [-0.39, 0.29) is 11.8 Å². The number of ether oxygens (including phenoxy) is 1. The molecule has 0 aliphatic carbocycles. The minimum atomic E-state index is -0.335. The van der Waals surface area contributed by atoms with Gasteiger partial charge in [-0.15, -0.1) is 0 Å². The fraction of sp³-hybridized carbons (Fsp3) is 0.259. The van der Waals surface area contributed by atoms with Gasteiger partial charge in [0, 0.05) is 68.3 Å². The Bertz CT molecular complexity index is 1290. The van der Waals surface area contributed by atoms with Crippen LogP contribution in [0.1, 0.15) is 21.5 Å². The number of carbonyl (C=O) groups is 1. The quantitative estimate of drug-likeness (QED) is 0.403. The van der Waals surface area contributed by atoms with E-state index in [0.29, 0.717) is 18.7 Å². The number of anilines is 1. The second-order valence-electron chi connectivity index (χ2n) is 8.55. The molecular weight excluding hydrogens is 431 g/mol. The van der Waals surface area contributed by atoms with Crippen LogP contribution in [-0.2, 0) is 17.8 Å². The van der Waals surface area contributed by atoms with Crippen LogP contribution in [0, 0.1) is 5.82 Å². The maximum Gasteiger partial charge on any atom is 0.337 e. The molecule has 4 aromatic rings. The highest BCUT2D eigenvalue weighted by molar-refractivity contribution is 5.90. The minimum Gasteiger partial charge on any atom is -0.465 e. The summed E-state index contributed by atoms with van der Waals surface area (Å²) in [6.45, 7) is 4.83. The van der Waals surface area contributed by atoms with Crippen molar-refractivity contribution in [2.24, 2.45) is 0 Å². The molecule has 2 aromatic heterocycles. The van der Waals surface area contributed by atoms with Gasteiger partial charge in [0.15, 0.2) is 0 Å². The number of methoxy groups -OCH3 is 1. The number of fused-ring (bicyclic) bond motifs is 1. The van der Waals surface area contributed by atoms with Crippen LogP contribution in [0.2, 0.25) is 0 Å². The van der Waals surface area contributed by atoms with E-state index in [4.69, 9.17) is 4.74 Å². The number of nitrogens with zero attached hydrogens (tertiary/aromatic N) is 4. The first-order valence-electron chi connectivity index (χ1n) is 11.4. The first-order chi connectivity index (χ1) is 16.6. The van der Waals surface area contributed by atoms with E-state index in [1.54, 1.807) is 18.2 Å². The first kappa shape index (κ1) is 22.1. The second-order valence-corrected chi connectivity index (χ2v) is 8.55. The number of aromatic nitrogens is 2. The predicted octanol–water partition coefficient (Wildman–Crippen LogP) is 4.33. The van der Waals surface area contributed by atoms with Gasteiger partial charge in [-0.1, -0.05) is 30.3 Å². The molecule has 0 N–H and O–H groups in total. The van der Waals surface area contributed by atoms with E-state index in [2.05, 4.69) is 37.7 Å². The molecule has 0 atom stereocenters. The van der Waals surface area contributed by atoms with E-state index in [0.717, 1.165) is 48.3 Å². The number of esters is 1. The fourth-order valence-electron chi connectivity index (χ4n) is 4.55. The molecule has 7 heteroatoms. The minimum absolute atomic E-state index is 0.137. The SMILES string of the molecule is COC(=O)c1ccc(Cn2ccc3c(N4CCN(Cc5ccccc5F)CC4)ccnc32)cc1. The zero-order valence-electron chi connectivity index (χ0n) is 19.2. The van der Waals surface area contributed by atoms with Crippen LogP contribution >= 0.6 is 0 Å². The van der Waals surface area contributed by atoms with Crippen molar-refractivity contribution < 1.29 is 13.9 Å². The van der Waals surface area contributed by atoms with Crippen LogP contribution in [0.4, 0.5) is 10.1 Å². The molecule has 0 unspecified atom stereocenters. The van der Waals surface area contributed by atoms with Crippen molar-refractivity contribution in [1.29, 1.82) is 0 Å². The Morgan fingerprint density at radius 3 is 2.47 bits per heavy atom. The summed E-state index contributed by atoms with van der Waals surface area (Å²) in [6, 6.07) is 18.6. The Kier molecular flexibility index (Phi) is 6.27. The summed E-state index contributed by atoms with van der Waals surface area (Å²) in [4.78, 5) is 21.0. The highest BCUT2D eigenvalue weighted by Gasteiger charge is 2.20.